The van der Waals surface area contributed by atoms with Crippen molar-refractivity contribution >= 4 is 19.2 Å². The lowest BCUT2D eigenvalue weighted by Crippen LogP contribution is -2.50. The molecule has 0 saturated carbocycles. The summed E-state index contributed by atoms with van der Waals surface area (Å²) in [5, 5.41) is 13.4. The highest BCUT2D eigenvalue weighted by Gasteiger charge is 2.45. The molecule has 0 fully saturated rings. The van der Waals surface area contributed by atoms with Crippen LogP contribution in [-0.4, -0.2) is 38.0 Å². The van der Waals surface area contributed by atoms with Crippen molar-refractivity contribution in [1.82, 2.24) is 20.3 Å². The molecule has 34 heavy (non-hydrogen) atoms. The molecule has 9 nitrogen and oxygen atoms in total. The molecule has 2 aromatic carbocycles. The van der Waals surface area contributed by atoms with E-state index in [4.69, 9.17) is 4.74 Å². The van der Waals surface area contributed by atoms with Gasteiger partial charge in [0.2, 0.25) is 5.30 Å². The monoisotopic (exact) mass is 475 g/mol. The minimum atomic E-state index is -2.85. The molecule has 0 bridgehead atoms. The number of phenolic OH excluding ortho intramolecular Hbond substituents is 1. The molecule has 0 aliphatic carbocycles. The first-order valence-electron chi connectivity index (χ1n) is 10.1. The number of amides is 1. The van der Waals surface area contributed by atoms with E-state index in [1.54, 1.807) is 48.7 Å². The van der Waals surface area contributed by atoms with Gasteiger partial charge in [0, 0.05) is 24.2 Å². The lowest BCUT2D eigenvalue weighted by atomic mass is 9.79. The van der Waals surface area contributed by atoms with E-state index < -0.39 is 19.5 Å². The molecule has 0 aliphatic heterocycles. The van der Waals surface area contributed by atoms with Gasteiger partial charge in [0.15, 0.2) is 0 Å². The predicted molar refractivity (Wildman–Crippen MR) is 124 cm³/mol. The summed E-state index contributed by atoms with van der Waals surface area (Å²) in [7, 11) is -1.32. The summed E-state index contributed by atoms with van der Waals surface area (Å²) < 4.78 is 17.7. The van der Waals surface area contributed by atoms with Crippen LogP contribution in [0.2, 0.25) is 0 Å². The third kappa shape index (κ3) is 4.34. The topological polar surface area (TPSA) is 135 Å². The summed E-state index contributed by atoms with van der Waals surface area (Å²) in [5.41, 5.74) is -0.339. The lowest BCUT2D eigenvalue weighted by Gasteiger charge is -2.35. The Balaban J connectivity index is 2.07. The molecule has 10 heteroatoms. The first-order valence-corrected chi connectivity index (χ1v) is 11.3. The minimum absolute atomic E-state index is 0.0267. The summed E-state index contributed by atoms with van der Waals surface area (Å²) >= 11 is 0. The fourth-order valence-corrected chi connectivity index (χ4v) is 4.36. The number of phenols is 1. The number of pyridine rings is 1. The van der Waals surface area contributed by atoms with E-state index in [-0.39, 0.29) is 22.2 Å². The van der Waals surface area contributed by atoms with Gasteiger partial charge in [0.25, 0.3) is 5.91 Å². The highest BCUT2D eigenvalue weighted by Crippen LogP contribution is 2.39. The van der Waals surface area contributed by atoms with E-state index in [0.717, 1.165) is 0 Å². The zero-order valence-electron chi connectivity index (χ0n) is 18.0. The maximum atomic E-state index is 13.4. The smallest absolute Gasteiger partial charge is 0.508 e. The summed E-state index contributed by atoms with van der Waals surface area (Å²) in [5.74, 6) is -0.128. The van der Waals surface area contributed by atoms with Crippen LogP contribution < -0.4 is 15.4 Å². The fourth-order valence-electron chi connectivity index (χ4n) is 3.72. The van der Waals surface area contributed by atoms with Crippen LogP contribution in [0.4, 0.5) is 0 Å². The van der Waals surface area contributed by atoms with Crippen molar-refractivity contribution in [3.63, 3.8) is 0 Å². The van der Waals surface area contributed by atoms with E-state index in [9.17, 15) is 19.4 Å². The van der Waals surface area contributed by atoms with Gasteiger partial charge in [0.05, 0.1) is 18.4 Å². The van der Waals surface area contributed by atoms with E-state index >= 15 is 0 Å². The maximum Gasteiger partial charge on any atom is 0.546 e. The molecule has 2 atom stereocenters. The van der Waals surface area contributed by atoms with Gasteiger partial charge in [-0.05, 0) is 52.6 Å². The van der Waals surface area contributed by atoms with Crippen LogP contribution in [0.15, 0.2) is 85.6 Å². The number of benzene rings is 2. The van der Waals surface area contributed by atoms with Gasteiger partial charge in [-0.2, -0.15) is 4.89 Å². The van der Waals surface area contributed by atoms with Crippen LogP contribution >= 0.6 is 8.03 Å². The van der Waals surface area contributed by atoms with Crippen molar-refractivity contribution in [2.75, 3.05) is 7.11 Å². The van der Waals surface area contributed by atoms with Crippen LogP contribution in [-0.2, 0) is 10.1 Å². The number of carbonyl (C=O) groups is 1. The molecule has 4 rings (SSSR count). The summed E-state index contributed by atoms with van der Waals surface area (Å²) in [6, 6.07) is 16.0. The van der Waals surface area contributed by atoms with E-state index in [1.165, 1.54) is 44.0 Å². The van der Waals surface area contributed by atoms with E-state index in [0.29, 0.717) is 17.0 Å². The second-order valence-electron chi connectivity index (χ2n) is 7.25. The highest BCUT2D eigenvalue weighted by atomic mass is 31.1. The Morgan fingerprint density at radius 2 is 1.79 bits per heavy atom. The average molecular weight is 475 g/mol. The predicted octanol–water partition coefficient (Wildman–Crippen LogP) is 2.67. The Morgan fingerprint density at radius 1 is 1.06 bits per heavy atom. The van der Waals surface area contributed by atoms with Gasteiger partial charge < -0.3 is 15.2 Å². The third-order valence-electron chi connectivity index (χ3n) is 5.29. The number of aromatic hydroxyl groups is 1. The zero-order valence-corrected chi connectivity index (χ0v) is 18.9. The molecule has 4 aromatic rings. The number of ether oxygens (including phenoxy) is 1. The summed E-state index contributed by atoms with van der Waals surface area (Å²) in [6.07, 6.45) is 5.56. The number of rotatable bonds is 7. The first kappa shape index (κ1) is 23.0. The highest BCUT2D eigenvalue weighted by molar-refractivity contribution is 7.47. The molecular weight excluding hydrogens is 455 g/mol. The number of nitrogens with one attached hydrogen (secondary N) is 1. The molecule has 2 unspecified atom stereocenters. The Kier molecular flexibility index (Phi) is 6.58. The normalized spacial score (nSPS) is 12.9. The molecule has 0 radical (unpaired) electrons. The van der Waals surface area contributed by atoms with Crippen molar-refractivity contribution in [3.8, 4) is 11.5 Å². The molecular formula is C24H20N4O5P+. The average Bonchev–Trinajstić information content (AvgIpc) is 2.88. The molecule has 0 aliphatic rings. The van der Waals surface area contributed by atoms with E-state index in [1.807, 2.05) is 0 Å². The van der Waals surface area contributed by atoms with Gasteiger partial charge in [0.1, 0.15) is 23.4 Å². The van der Waals surface area contributed by atoms with Crippen LogP contribution in [0, 0.1) is 0 Å². The molecule has 0 saturated heterocycles. The van der Waals surface area contributed by atoms with Crippen LogP contribution in [0.3, 0.4) is 0 Å². The van der Waals surface area contributed by atoms with Crippen LogP contribution in [0.1, 0.15) is 27.2 Å². The second-order valence-corrected chi connectivity index (χ2v) is 8.28. The second kappa shape index (κ2) is 9.74. The van der Waals surface area contributed by atoms with Gasteiger partial charge in [-0.25, -0.2) is 9.97 Å². The number of hydrogen-bond donors (Lipinski definition) is 3. The van der Waals surface area contributed by atoms with Gasteiger partial charge in [-0.15, -0.1) is 0 Å². The van der Waals surface area contributed by atoms with Crippen molar-refractivity contribution in [1.29, 1.82) is 0 Å². The Bertz CT molecular complexity index is 1320. The largest absolute Gasteiger partial charge is 0.546 e. The lowest BCUT2D eigenvalue weighted by molar-refractivity contribution is 0.0923. The van der Waals surface area contributed by atoms with Gasteiger partial charge in [-0.3, -0.25) is 9.78 Å². The summed E-state index contributed by atoms with van der Waals surface area (Å²) in [4.78, 5) is 35.9. The first-order chi connectivity index (χ1) is 16.5. The number of carbonyl (C=O) groups excluding carboxylic acids is 1. The fraction of sp³-hybridized carbons (Fsp3) is 0.0833. The van der Waals surface area contributed by atoms with Crippen molar-refractivity contribution in [3.05, 3.63) is 108 Å². The third-order valence-corrected chi connectivity index (χ3v) is 6.09. The van der Waals surface area contributed by atoms with Crippen molar-refractivity contribution in [2.45, 2.75) is 5.54 Å². The van der Waals surface area contributed by atoms with Crippen LogP contribution in [0.25, 0.3) is 0 Å². The molecule has 170 valence electrons. The maximum absolute atomic E-state index is 13.4. The van der Waals surface area contributed by atoms with Crippen molar-refractivity contribution < 1.29 is 24.1 Å². The molecule has 0 spiro atoms. The Morgan fingerprint density at radius 3 is 2.41 bits per heavy atom. The Hall–Kier alpha value is -4.20. The molecule has 2 heterocycles. The van der Waals surface area contributed by atoms with Crippen molar-refractivity contribution in [2.24, 2.45) is 0 Å². The quantitative estimate of drug-likeness (QED) is 0.347. The molecule has 1 amide bonds. The zero-order chi connectivity index (χ0) is 24.1. The number of methoxy groups -OCH3 is 1. The van der Waals surface area contributed by atoms with E-state index in [2.05, 4.69) is 20.3 Å². The minimum Gasteiger partial charge on any atom is -0.508 e. The van der Waals surface area contributed by atoms with Crippen LogP contribution in [0.5, 0.6) is 11.5 Å². The molecule has 3 N–H and O–H groups in total. The van der Waals surface area contributed by atoms with Gasteiger partial charge >= 0.3 is 8.03 Å². The van der Waals surface area contributed by atoms with Gasteiger partial charge in [-0.1, -0.05) is 18.2 Å². The Labute approximate surface area is 196 Å². The number of aromatic nitrogens is 3. The number of nitrogens with zero attached hydrogens (tertiary/aromatic N) is 3. The SMILES string of the molecule is COc1ccc(C(NC(=O)c2cncnc2)(c2ccccn2)c2cc(O)ccc2[P+](=O)O)cc1. The molecule has 2 aromatic heterocycles. The number of hydrogen-bond acceptors (Lipinski definition) is 7. The standard InChI is InChI=1S/C24H19N4O5P/c1-33-19-8-5-17(6-9-19)24(22-4-2-3-11-27-22,28-23(30)16-13-25-15-26-14-16)20-12-18(29)7-10-21(20)34(31)32/h2-15H,1H3,(H2-,28,29,30,31,32)/p+1. The summed E-state index contributed by atoms with van der Waals surface area (Å²) in [6.45, 7) is 0.